The lowest BCUT2D eigenvalue weighted by molar-refractivity contribution is 0.207. The van der Waals surface area contributed by atoms with E-state index in [1.54, 1.807) is 13.3 Å². The molecular weight excluding hydrogens is 402 g/mol. The van der Waals surface area contributed by atoms with Crippen molar-refractivity contribution in [1.29, 1.82) is 0 Å². The predicted molar refractivity (Wildman–Crippen MR) is 128 cm³/mol. The maximum atomic E-state index is 13.3. The third kappa shape index (κ3) is 4.69. The Hall–Kier alpha value is -3.15. The van der Waals surface area contributed by atoms with Crippen LogP contribution in [0.25, 0.3) is 10.9 Å². The van der Waals surface area contributed by atoms with Crippen molar-refractivity contribution in [2.24, 2.45) is 5.10 Å². The molecule has 0 radical (unpaired) electrons. The first-order valence-corrected chi connectivity index (χ1v) is 11.5. The summed E-state index contributed by atoms with van der Waals surface area (Å²) in [7, 11) is 1.62. The Morgan fingerprint density at radius 3 is 2.69 bits per heavy atom. The molecular formula is C26H31N3O3. The second-order valence-corrected chi connectivity index (χ2v) is 8.43. The molecule has 1 heterocycles. The fourth-order valence-electron chi connectivity index (χ4n) is 4.16. The molecule has 0 N–H and O–H groups in total. The Morgan fingerprint density at radius 2 is 1.94 bits per heavy atom. The number of ether oxygens (including phenoxy) is 2. The van der Waals surface area contributed by atoms with Gasteiger partial charge in [0.05, 0.1) is 30.3 Å². The summed E-state index contributed by atoms with van der Waals surface area (Å²) in [6.45, 7) is 4.11. The van der Waals surface area contributed by atoms with Gasteiger partial charge in [-0.25, -0.2) is 4.98 Å². The van der Waals surface area contributed by atoms with E-state index in [2.05, 4.69) is 12.0 Å². The molecule has 0 spiro atoms. The zero-order valence-electron chi connectivity index (χ0n) is 19.1. The van der Waals surface area contributed by atoms with Crippen molar-refractivity contribution in [2.45, 2.75) is 64.4 Å². The van der Waals surface area contributed by atoms with Gasteiger partial charge in [0.15, 0.2) is 11.5 Å². The first kappa shape index (κ1) is 22.1. The highest BCUT2D eigenvalue weighted by Crippen LogP contribution is 2.32. The highest BCUT2D eigenvalue weighted by Gasteiger charge is 2.22. The van der Waals surface area contributed by atoms with Crippen LogP contribution in [0.5, 0.6) is 11.5 Å². The summed E-state index contributed by atoms with van der Waals surface area (Å²) >= 11 is 0. The van der Waals surface area contributed by atoms with Gasteiger partial charge in [-0.05, 0) is 62.1 Å². The molecule has 1 aliphatic rings. The number of benzene rings is 2. The van der Waals surface area contributed by atoms with Crippen LogP contribution < -0.4 is 15.0 Å². The molecule has 0 amide bonds. The summed E-state index contributed by atoms with van der Waals surface area (Å²) in [5, 5.41) is 5.19. The van der Waals surface area contributed by atoms with E-state index in [0.717, 1.165) is 49.0 Å². The van der Waals surface area contributed by atoms with Crippen LogP contribution in [-0.4, -0.2) is 29.1 Å². The normalized spacial score (nSPS) is 15.8. The monoisotopic (exact) mass is 433 g/mol. The van der Waals surface area contributed by atoms with Crippen LogP contribution in [0.15, 0.2) is 52.4 Å². The predicted octanol–water partition coefficient (Wildman–Crippen LogP) is 5.51. The highest BCUT2D eigenvalue weighted by molar-refractivity contribution is 5.81. The van der Waals surface area contributed by atoms with Crippen LogP contribution in [0.4, 0.5) is 0 Å². The zero-order chi connectivity index (χ0) is 22.5. The minimum atomic E-state index is -0.129. The van der Waals surface area contributed by atoms with Crippen LogP contribution >= 0.6 is 0 Å². The number of para-hydroxylation sites is 1. The molecule has 168 valence electrons. The SMILES string of the molecule is CC[C@@H](C)Oc1ccc(C=Nn2c(C3CCCCC3)nc3ccccc3c2=O)cc1OC. The molecule has 4 rings (SSSR count). The van der Waals surface area contributed by atoms with Crippen LogP contribution in [-0.2, 0) is 0 Å². The van der Waals surface area contributed by atoms with Gasteiger partial charge < -0.3 is 9.47 Å². The second-order valence-electron chi connectivity index (χ2n) is 8.43. The van der Waals surface area contributed by atoms with E-state index < -0.39 is 0 Å². The van der Waals surface area contributed by atoms with Gasteiger partial charge in [0.2, 0.25) is 0 Å². The number of fused-ring (bicyclic) bond motifs is 1. The van der Waals surface area contributed by atoms with Gasteiger partial charge in [-0.2, -0.15) is 9.78 Å². The summed E-state index contributed by atoms with van der Waals surface area (Å²) in [5.74, 6) is 2.35. The Labute approximate surface area is 188 Å². The molecule has 1 aliphatic carbocycles. The van der Waals surface area contributed by atoms with E-state index in [1.165, 1.54) is 11.1 Å². The van der Waals surface area contributed by atoms with E-state index in [9.17, 15) is 4.79 Å². The summed E-state index contributed by atoms with van der Waals surface area (Å²) < 4.78 is 12.9. The maximum Gasteiger partial charge on any atom is 0.282 e. The second kappa shape index (κ2) is 9.98. The van der Waals surface area contributed by atoms with Crippen LogP contribution in [0.3, 0.4) is 0 Å². The zero-order valence-corrected chi connectivity index (χ0v) is 19.1. The average Bonchev–Trinajstić information content (AvgIpc) is 2.84. The van der Waals surface area contributed by atoms with E-state index in [-0.39, 0.29) is 17.6 Å². The van der Waals surface area contributed by atoms with Crippen molar-refractivity contribution >= 4 is 17.1 Å². The van der Waals surface area contributed by atoms with Crippen LogP contribution in [0.1, 0.15) is 69.7 Å². The first-order valence-electron chi connectivity index (χ1n) is 11.5. The van der Waals surface area contributed by atoms with E-state index in [1.807, 2.05) is 49.4 Å². The Bertz CT molecular complexity index is 1160. The van der Waals surface area contributed by atoms with E-state index in [0.29, 0.717) is 16.9 Å². The van der Waals surface area contributed by atoms with Crippen molar-refractivity contribution in [1.82, 2.24) is 9.66 Å². The largest absolute Gasteiger partial charge is 0.493 e. The molecule has 0 unspecified atom stereocenters. The van der Waals surface area contributed by atoms with Gasteiger partial charge in [-0.1, -0.05) is 38.3 Å². The average molecular weight is 434 g/mol. The summed E-state index contributed by atoms with van der Waals surface area (Å²) in [5.41, 5.74) is 1.43. The molecule has 1 atom stereocenters. The van der Waals surface area contributed by atoms with Gasteiger partial charge in [-0.3, -0.25) is 4.79 Å². The van der Waals surface area contributed by atoms with Crippen LogP contribution in [0, 0.1) is 0 Å². The van der Waals surface area contributed by atoms with Crippen molar-refractivity contribution in [3.63, 3.8) is 0 Å². The molecule has 0 aliphatic heterocycles. The lowest BCUT2D eigenvalue weighted by Crippen LogP contribution is -2.25. The third-order valence-corrected chi connectivity index (χ3v) is 6.16. The first-order chi connectivity index (χ1) is 15.6. The maximum absolute atomic E-state index is 13.3. The summed E-state index contributed by atoms with van der Waals surface area (Å²) in [4.78, 5) is 18.2. The van der Waals surface area contributed by atoms with Crippen molar-refractivity contribution in [2.75, 3.05) is 7.11 Å². The Morgan fingerprint density at radius 1 is 1.16 bits per heavy atom. The molecule has 6 heteroatoms. The minimum Gasteiger partial charge on any atom is -0.493 e. The minimum absolute atomic E-state index is 0.101. The van der Waals surface area contributed by atoms with E-state index in [4.69, 9.17) is 14.5 Å². The van der Waals surface area contributed by atoms with Gasteiger partial charge in [0.1, 0.15) is 5.82 Å². The summed E-state index contributed by atoms with van der Waals surface area (Å²) in [6.07, 6.45) is 8.34. The molecule has 1 fully saturated rings. The number of methoxy groups -OCH3 is 1. The van der Waals surface area contributed by atoms with Crippen molar-refractivity contribution in [3.05, 3.63) is 64.2 Å². The molecule has 32 heavy (non-hydrogen) atoms. The molecule has 3 aromatic rings. The Balaban J connectivity index is 1.73. The van der Waals surface area contributed by atoms with Crippen LogP contribution in [0.2, 0.25) is 0 Å². The number of hydrogen-bond donors (Lipinski definition) is 0. The number of rotatable bonds is 7. The van der Waals surface area contributed by atoms with Crippen molar-refractivity contribution in [3.8, 4) is 11.5 Å². The number of hydrogen-bond acceptors (Lipinski definition) is 5. The smallest absolute Gasteiger partial charge is 0.282 e. The van der Waals surface area contributed by atoms with Crippen molar-refractivity contribution < 1.29 is 9.47 Å². The molecule has 1 aromatic heterocycles. The number of aromatic nitrogens is 2. The summed E-state index contributed by atoms with van der Waals surface area (Å²) in [6, 6.07) is 13.2. The van der Waals surface area contributed by atoms with Gasteiger partial charge in [-0.15, -0.1) is 0 Å². The molecule has 0 bridgehead atoms. The number of nitrogens with zero attached hydrogens (tertiary/aromatic N) is 3. The standard InChI is InChI=1S/C26H31N3O3/c1-4-18(2)32-23-15-14-19(16-24(23)31-3)17-27-29-25(20-10-6-5-7-11-20)28-22-13-9-8-12-21(22)26(29)30/h8-9,12-18,20H,4-7,10-11H2,1-3H3/t18-/m1/s1. The van der Waals surface area contributed by atoms with E-state index >= 15 is 0 Å². The van der Waals surface area contributed by atoms with Gasteiger partial charge in [0, 0.05) is 5.92 Å². The molecule has 1 saturated carbocycles. The topological polar surface area (TPSA) is 65.7 Å². The Kier molecular flexibility index (Phi) is 6.88. The lowest BCUT2D eigenvalue weighted by atomic mass is 9.88. The van der Waals surface area contributed by atoms with Gasteiger partial charge in [0.25, 0.3) is 5.56 Å². The molecule has 2 aromatic carbocycles. The highest BCUT2D eigenvalue weighted by atomic mass is 16.5. The third-order valence-electron chi connectivity index (χ3n) is 6.16. The fraction of sp³-hybridized carbons (Fsp3) is 0.423. The fourth-order valence-corrected chi connectivity index (χ4v) is 4.16. The molecule has 6 nitrogen and oxygen atoms in total. The molecule has 0 saturated heterocycles. The lowest BCUT2D eigenvalue weighted by Gasteiger charge is -2.22. The van der Waals surface area contributed by atoms with Gasteiger partial charge >= 0.3 is 0 Å². The quantitative estimate of drug-likeness (QED) is 0.461.